The third kappa shape index (κ3) is 4.40. The Kier molecular flexibility index (Phi) is 6.60. The fourth-order valence-corrected chi connectivity index (χ4v) is 6.85. The fraction of sp³-hybridized carbons (Fsp3) is 0.917. The number of fused-ring (bicyclic) bond motifs is 1. The number of ether oxygens (including phenoxy) is 1. The van der Waals surface area contributed by atoms with Gasteiger partial charge in [-0.25, -0.2) is 4.79 Å². The molecule has 7 atom stereocenters. The summed E-state index contributed by atoms with van der Waals surface area (Å²) in [4.78, 5) is 25.1. The molecule has 0 aliphatic heterocycles. The van der Waals surface area contributed by atoms with Gasteiger partial charge < -0.3 is 20.3 Å². The number of carbonyl (C=O) groups excluding carboxylic acids is 2. The first-order valence-corrected chi connectivity index (χ1v) is 11.7. The third-order valence-electron chi connectivity index (χ3n) is 8.60. The van der Waals surface area contributed by atoms with Gasteiger partial charge in [-0.3, -0.25) is 4.79 Å². The van der Waals surface area contributed by atoms with E-state index in [1.54, 1.807) is 0 Å². The summed E-state index contributed by atoms with van der Waals surface area (Å²) in [6.45, 7) is 10.5. The monoisotopic (exact) mass is 423 g/mol. The Morgan fingerprint density at radius 3 is 2.50 bits per heavy atom. The molecule has 3 rings (SSSR count). The molecule has 0 bridgehead atoms. The molecule has 7 unspecified atom stereocenters. The second-order valence-electron chi connectivity index (χ2n) is 11.5. The quantitative estimate of drug-likeness (QED) is 0.641. The predicted molar refractivity (Wildman–Crippen MR) is 115 cm³/mol. The maximum atomic E-state index is 12.7. The van der Waals surface area contributed by atoms with Crippen LogP contribution in [0.4, 0.5) is 4.79 Å². The molecule has 3 saturated carbocycles. The second kappa shape index (κ2) is 8.42. The highest BCUT2D eigenvalue weighted by Gasteiger charge is 2.58. The lowest BCUT2D eigenvalue weighted by Crippen LogP contribution is -2.54. The molecule has 1 amide bonds. The SMILES string of the molecule is CC(C)(C)OC(=O)NCC1C2CCC(=O)C2(C)CCC1C1(C)CCC(O)CC1CO. The molecule has 172 valence electrons. The summed E-state index contributed by atoms with van der Waals surface area (Å²) >= 11 is 0. The van der Waals surface area contributed by atoms with Gasteiger partial charge in [0.25, 0.3) is 0 Å². The van der Waals surface area contributed by atoms with Crippen LogP contribution >= 0.6 is 0 Å². The van der Waals surface area contributed by atoms with Gasteiger partial charge in [0, 0.05) is 25.0 Å². The van der Waals surface area contributed by atoms with Crippen molar-refractivity contribution in [3.8, 4) is 0 Å². The summed E-state index contributed by atoms with van der Waals surface area (Å²) in [7, 11) is 0. The molecule has 0 heterocycles. The van der Waals surface area contributed by atoms with E-state index in [0.717, 1.165) is 32.1 Å². The topological polar surface area (TPSA) is 95.9 Å². The Balaban J connectivity index is 1.85. The number of aliphatic hydroxyl groups is 2. The average Bonchev–Trinajstić information content (AvgIpc) is 2.95. The molecule has 3 aliphatic rings. The predicted octanol–water partition coefficient (Wildman–Crippen LogP) is 3.68. The van der Waals surface area contributed by atoms with Gasteiger partial charge in [0.15, 0.2) is 0 Å². The van der Waals surface area contributed by atoms with Gasteiger partial charge in [0.05, 0.1) is 6.10 Å². The minimum absolute atomic E-state index is 0.0386. The van der Waals surface area contributed by atoms with Crippen LogP contribution in [0.2, 0.25) is 0 Å². The summed E-state index contributed by atoms with van der Waals surface area (Å²) in [6.07, 6.45) is 4.75. The Labute approximate surface area is 181 Å². The molecular weight excluding hydrogens is 382 g/mol. The van der Waals surface area contributed by atoms with E-state index in [1.807, 2.05) is 20.8 Å². The molecule has 0 saturated heterocycles. The zero-order valence-corrected chi connectivity index (χ0v) is 19.4. The number of hydrogen-bond donors (Lipinski definition) is 3. The molecule has 0 aromatic carbocycles. The zero-order chi connectivity index (χ0) is 22.3. The number of Topliss-reactive ketones (excluding diaryl/α,β-unsaturated/α-hetero) is 1. The van der Waals surface area contributed by atoms with Crippen LogP contribution in [-0.4, -0.2) is 46.9 Å². The maximum absolute atomic E-state index is 12.7. The van der Waals surface area contributed by atoms with Gasteiger partial charge >= 0.3 is 6.09 Å². The van der Waals surface area contributed by atoms with E-state index in [1.165, 1.54) is 0 Å². The van der Waals surface area contributed by atoms with Crippen LogP contribution in [0.1, 0.15) is 79.6 Å². The van der Waals surface area contributed by atoms with E-state index < -0.39 is 11.7 Å². The van der Waals surface area contributed by atoms with Crippen molar-refractivity contribution >= 4 is 11.9 Å². The maximum Gasteiger partial charge on any atom is 0.407 e. The van der Waals surface area contributed by atoms with Crippen LogP contribution in [0.25, 0.3) is 0 Å². The largest absolute Gasteiger partial charge is 0.444 e. The number of nitrogens with one attached hydrogen (secondary N) is 1. The fourth-order valence-electron chi connectivity index (χ4n) is 6.85. The molecule has 0 spiro atoms. The molecule has 3 aliphatic carbocycles. The lowest BCUT2D eigenvalue weighted by atomic mass is 9.49. The van der Waals surface area contributed by atoms with Gasteiger partial charge in [-0.2, -0.15) is 0 Å². The zero-order valence-electron chi connectivity index (χ0n) is 19.4. The van der Waals surface area contributed by atoms with E-state index in [0.29, 0.717) is 31.1 Å². The number of alkyl carbamates (subject to hydrolysis) is 1. The summed E-state index contributed by atoms with van der Waals surface area (Å²) in [6, 6.07) is 0. The van der Waals surface area contributed by atoms with Crippen LogP contribution in [0, 0.1) is 34.5 Å². The van der Waals surface area contributed by atoms with Crippen molar-refractivity contribution in [2.45, 2.75) is 91.3 Å². The molecule has 0 radical (unpaired) electrons. The van der Waals surface area contributed by atoms with Crippen molar-refractivity contribution in [1.82, 2.24) is 5.32 Å². The van der Waals surface area contributed by atoms with Crippen LogP contribution in [0.15, 0.2) is 0 Å². The van der Waals surface area contributed by atoms with Crippen molar-refractivity contribution in [3.05, 3.63) is 0 Å². The standard InChI is InChI=1S/C24H41NO5/c1-22(2,3)30-21(29)25-13-17-18-6-7-20(28)24(18,5)11-9-19(17)23(4)10-8-16(27)12-15(23)14-26/h15-19,26-27H,6-14H2,1-5H3,(H,25,29). The van der Waals surface area contributed by atoms with Crippen molar-refractivity contribution < 1.29 is 24.5 Å². The van der Waals surface area contributed by atoms with Crippen LogP contribution in [-0.2, 0) is 9.53 Å². The number of hydrogen-bond acceptors (Lipinski definition) is 5. The highest BCUT2D eigenvalue weighted by molar-refractivity contribution is 5.87. The van der Waals surface area contributed by atoms with E-state index in [2.05, 4.69) is 19.2 Å². The molecule has 3 N–H and O–H groups in total. The smallest absolute Gasteiger partial charge is 0.407 e. The van der Waals surface area contributed by atoms with Crippen molar-refractivity contribution in [2.24, 2.45) is 34.5 Å². The lowest BCUT2D eigenvalue weighted by Gasteiger charge is -2.56. The van der Waals surface area contributed by atoms with Crippen LogP contribution < -0.4 is 5.32 Å². The van der Waals surface area contributed by atoms with Gasteiger partial charge in [0.2, 0.25) is 0 Å². The normalized spacial score (nSPS) is 42.0. The van der Waals surface area contributed by atoms with E-state index in [-0.39, 0.29) is 41.3 Å². The Bertz CT molecular complexity index is 658. The van der Waals surface area contributed by atoms with Gasteiger partial charge in [0.1, 0.15) is 11.4 Å². The van der Waals surface area contributed by atoms with Gasteiger partial charge in [-0.15, -0.1) is 0 Å². The van der Waals surface area contributed by atoms with E-state index in [4.69, 9.17) is 4.74 Å². The van der Waals surface area contributed by atoms with E-state index >= 15 is 0 Å². The van der Waals surface area contributed by atoms with Crippen molar-refractivity contribution in [1.29, 1.82) is 0 Å². The molecule has 0 aromatic heterocycles. The number of amides is 1. The van der Waals surface area contributed by atoms with Crippen molar-refractivity contribution in [2.75, 3.05) is 13.2 Å². The summed E-state index contributed by atoms with van der Waals surface area (Å²) < 4.78 is 5.46. The lowest BCUT2D eigenvalue weighted by molar-refractivity contribution is -0.135. The second-order valence-corrected chi connectivity index (χ2v) is 11.5. The van der Waals surface area contributed by atoms with Crippen molar-refractivity contribution in [3.63, 3.8) is 0 Å². The number of ketones is 1. The molecule has 0 aromatic rings. The first-order chi connectivity index (χ1) is 13.9. The average molecular weight is 424 g/mol. The molecule has 6 heteroatoms. The number of aliphatic hydroxyl groups excluding tert-OH is 2. The Hall–Kier alpha value is -1.14. The third-order valence-corrected chi connectivity index (χ3v) is 8.60. The summed E-state index contributed by atoms with van der Waals surface area (Å²) in [5.41, 5.74) is -0.974. The Morgan fingerprint density at radius 1 is 1.17 bits per heavy atom. The minimum Gasteiger partial charge on any atom is -0.444 e. The highest BCUT2D eigenvalue weighted by atomic mass is 16.6. The Morgan fingerprint density at radius 2 is 1.87 bits per heavy atom. The first kappa shape index (κ1) is 23.5. The van der Waals surface area contributed by atoms with Gasteiger partial charge in [-0.1, -0.05) is 13.8 Å². The molecule has 6 nitrogen and oxygen atoms in total. The first-order valence-electron chi connectivity index (χ1n) is 11.7. The summed E-state index contributed by atoms with van der Waals surface area (Å²) in [5.74, 6) is 1.09. The van der Waals surface area contributed by atoms with Gasteiger partial charge in [-0.05, 0) is 88.4 Å². The van der Waals surface area contributed by atoms with Crippen LogP contribution in [0.5, 0.6) is 0 Å². The molecule has 3 fully saturated rings. The number of carbonyl (C=O) groups is 2. The molecule has 30 heavy (non-hydrogen) atoms. The highest BCUT2D eigenvalue weighted by Crippen LogP contribution is 2.61. The minimum atomic E-state index is -0.554. The summed E-state index contributed by atoms with van der Waals surface area (Å²) in [5, 5.41) is 23.3. The van der Waals surface area contributed by atoms with Crippen LogP contribution in [0.3, 0.4) is 0 Å². The number of rotatable bonds is 4. The van der Waals surface area contributed by atoms with E-state index in [9.17, 15) is 19.8 Å². The molecular formula is C24H41NO5.